The summed E-state index contributed by atoms with van der Waals surface area (Å²) in [6, 6.07) is 3.43. The van der Waals surface area contributed by atoms with E-state index in [1.54, 1.807) is 35.9 Å². The summed E-state index contributed by atoms with van der Waals surface area (Å²) >= 11 is 8.40. The number of nitrogens with one attached hydrogen (secondary N) is 1. The maximum absolute atomic E-state index is 11.5. The summed E-state index contributed by atoms with van der Waals surface area (Å²) in [5, 5.41) is 4.54. The van der Waals surface area contributed by atoms with Gasteiger partial charge in [-0.15, -0.1) is 11.3 Å². The van der Waals surface area contributed by atoms with Gasteiger partial charge in [-0.3, -0.25) is 9.78 Å². The third kappa shape index (κ3) is 5.32. The number of rotatable bonds is 7. The number of carbonyl (C=O) groups excluding carboxylic acids is 1. The number of nitrogens with zero attached hydrogens (tertiary/aromatic N) is 5. The largest absolute Gasteiger partial charge is 0.454 e. The molecule has 4 aromatic heterocycles. The highest BCUT2D eigenvalue weighted by atomic mass is 35.5. The second-order valence-electron chi connectivity index (χ2n) is 10.2. The van der Waals surface area contributed by atoms with E-state index >= 15 is 0 Å². The van der Waals surface area contributed by atoms with Crippen LogP contribution in [0, 0.1) is 0 Å². The molecule has 0 spiro atoms. The van der Waals surface area contributed by atoms with E-state index in [1.165, 1.54) is 11.8 Å². The third-order valence-electron chi connectivity index (χ3n) is 6.12. The van der Waals surface area contributed by atoms with Crippen molar-refractivity contribution in [2.45, 2.75) is 51.9 Å². The summed E-state index contributed by atoms with van der Waals surface area (Å²) in [5.41, 5.74) is 2.83. The monoisotopic (exact) mass is 540 g/mol. The molecule has 194 valence electrons. The first-order valence-corrected chi connectivity index (χ1v) is 13.3. The molecule has 5 heterocycles. The quantitative estimate of drug-likeness (QED) is 0.307. The number of anilines is 2. The van der Waals surface area contributed by atoms with Gasteiger partial charge < -0.3 is 19.4 Å². The molecule has 0 radical (unpaired) electrons. The van der Waals surface area contributed by atoms with Gasteiger partial charge in [-0.25, -0.2) is 9.97 Å². The van der Waals surface area contributed by atoms with Crippen LogP contribution in [0.15, 0.2) is 24.5 Å². The van der Waals surface area contributed by atoms with Crippen molar-refractivity contribution in [3.05, 3.63) is 45.8 Å². The Bertz CT molecular complexity index is 1470. The summed E-state index contributed by atoms with van der Waals surface area (Å²) in [7, 11) is 1.87. The molecule has 1 aliphatic heterocycles. The molecule has 0 aliphatic carbocycles. The summed E-state index contributed by atoms with van der Waals surface area (Å²) in [4.78, 5) is 31.0. The standard InChI is InChI=1S/C26H29ClN6O3S/c1-14(34)10-16-11-17(6-8-28-16)36-18-12-29-23-21(19(18)27)33(5)24(31-23)32-25-30-20(15-7-9-35-13-15)22(37-25)26(2,3)4/h6,8,11-12,15H,7,9-10,13H2,1-5H3,(H,29,30,31,32). The Morgan fingerprint density at radius 1 is 1.32 bits per heavy atom. The van der Waals surface area contributed by atoms with Crippen LogP contribution in [0.3, 0.4) is 0 Å². The summed E-state index contributed by atoms with van der Waals surface area (Å²) in [6.07, 6.45) is 4.37. The van der Waals surface area contributed by atoms with Crippen LogP contribution in [0.25, 0.3) is 11.2 Å². The molecule has 1 atom stereocenters. The number of fused-ring (bicyclic) bond motifs is 1. The molecular formula is C26H29ClN6O3S. The zero-order valence-electron chi connectivity index (χ0n) is 21.5. The highest BCUT2D eigenvalue weighted by molar-refractivity contribution is 7.16. The molecule has 0 aromatic carbocycles. The normalized spacial score (nSPS) is 15.9. The Morgan fingerprint density at radius 3 is 2.84 bits per heavy atom. The number of pyridine rings is 2. The lowest BCUT2D eigenvalue weighted by Crippen LogP contribution is -2.14. The van der Waals surface area contributed by atoms with Crippen LogP contribution in [0.5, 0.6) is 11.5 Å². The Kier molecular flexibility index (Phi) is 6.91. The maximum atomic E-state index is 11.5. The summed E-state index contributed by atoms with van der Waals surface area (Å²) in [6.45, 7) is 9.61. The van der Waals surface area contributed by atoms with E-state index in [2.05, 4.69) is 41.0 Å². The van der Waals surface area contributed by atoms with Gasteiger partial charge in [0.25, 0.3) is 0 Å². The zero-order valence-corrected chi connectivity index (χ0v) is 23.0. The fraction of sp³-hybridized carbons (Fsp3) is 0.423. The van der Waals surface area contributed by atoms with Gasteiger partial charge in [0.15, 0.2) is 16.5 Å². The van der Waals surface area contributed by atoms with Crippen LogP contribution in [0.2, 0.25) is 5.02 Å². The average Bonchev–Trinajstić information content (AvgIpc) is 3.55. The fourth-order valence-corrected chi connectivity index (χ4v) is 5.74. The number of aryl methyl sites for hydroxylation is 1. The predicted octanol–water partition coefficient (Wildman–Crippen LogP) is 5.94. The van der Waals surface area contributed by atoms with E-state index in [1.807, 2.05) is 11.6 Å². The first-order valence-electron chi connectivity index (χ1n) is 12.1. The molecule has 1 fully saturated rings. The van der Waals surface area contributed by atoms with E-state index in [9.17, 15) is 4.79 Å². The minimum atomic E-state index is -0.0315. The number of Topliss-reactive ketones (excluding diaryl/α,β-unsaturated/α-hetero) is 1. The number of ketones is 1. The molecule has 1 unspecified atom stereocenters. The van der Waals surface area contributed by atoms with Gasteiger partial charge in [0.1, 0.15) is 22.1 Å². The van der Waals surface area contributed by atoms with Gasteiger partial charge >= 0.3 is 0 Å². The van der Waals surface area contributed by atoms with Crippen molar-refractivity contribution in [1.29, 1.82) is 0 Å². The lowest BCUT2D eigenvalue weighted by atomic mass is 9.89. The highest BCUT2D eigenvalue weighted by Crippen LogP contribution is 2.41. The van der Waals surface area contributed by atoms with E-state index in [0.29, 0.717) is 51.9 Å². The SMILES string of the molecule is CC(=O)Cc1cc(Oc2cnc3nc(Nc4nc(C5CCOC5)c(C(C)(C)C)s4)n(C)c3c2Cl)ccn1. The first-order chi connectivity index (χ1) is 17.6. The van der Waals surface area contributed by atoms with E-state index in [4.69, 9.17) is 26.1 Å². The topological polar surface area (TPSA) is 104 Å². The van der Waals surface area contributed by atoms with Gasteiger partial charge in [-0.2, -0.15) is 4.98 Å². The minimum absolute atomic E-state index is 0.0271. The molecule has 9 nitrogen and oxygen atoms in total. The van der Waals surface area contributed by atoms with Gasteiger partial charge in [0.2, 0.25) is 5.95 Å². The van der Waals surface area contributed by atoms with Crippen molar-refractivity contribution < 1.29 is 14.3 Å². The molecule has 0 bridgehead atoms. The molecule has 37 heavy (non-hydrogen) atoms. The molecule has 0 amide bonds. The van der Waals surface area contributed by atoms with Gasteiger partial charge in [0, 0.05) is 43.1 Å². The van der Waals surface area contributed by atoms with Crippen molar-refractivity contribution in [1.82, 2.24) is 24.5 Å². The fourth-order valence-electron chi connectivity index (χ4n) is 4.34. The molecule has 0 saturated carbocycles. The van der Waals surface area contributed by atoms with Crippen LogP contribution < -0.4 is 10.1 Å². The van der Waals surface area contributed by atoms with Crippen molar-refractivity contribution in [2.24, 2.45) is 7.05 Å². The Hall–Kier alpha value is -3.08. The van der Waals surface area contributed by atoms with E-state index in [-0.39, 0.29) is 17.6 Å². The van der Waals surface area contributed by atoms with Crippen LogP contribution in [-0.4, -0.2) is 43.5 Å². The Balaban J connectivity index is 1.44. The molecule has 11 heteroatoms. The first kappa shape index (κ1) is 25.6. The van der Waals surface area contributed by atoms with Crippen LogP contribution in [0.4, 0.5) is 11.1 Å². The number of halogens is 1. The molecule has 5 rings (SSSR count). The number of imidazole rings is 1. The van der Waals surface area contributed by atoms with Crippen molar-refractivity contribution in [3.63, 3.8) is 0 Å². The van der Waals surface area contributed by atoms with Crippen molar-refractivity contribution in [2.75, 3.05) is 18.5 Å². The van der Waals surface area contributed by atoms with Gasteiger partial charge in [0.05, 0.1) is 24.2 Å². The number of thiazole rings is 1. The third-order valence-corrected chi connectivity index (χ3v) is 7.90. The van der Waals surface area contributed by atoms with Crippen LogP contribution >= 0.6 is 22.9 Å². The molecule has 1 N–H and O–H groups in total. The molecule has 1 saturated heterocycles. The van der Waals surface area contributed by atoms with Gasteiger partial charge in [-0.1, -0.05) is 32.4 Å². The minimum Gasteiger partial charge on any atom is -0.454 e. The number of ether oxygens (including phenoxy) is 2. The van der Waals surface area contributed by atoms with E-state index < -0.39 is 0 Å². The number of hydrogen-bond donors (Lipinski definition) is 1. The van der Waals surface area contributed by atoms with Crippen molar-refractivity contribution >= 4 is 51.0 Å². The number of hydrogen-bond acceptors (Lipinski definition) is 9. The smallest absolute Gasteiger partial charge is 0.211 e. The number of carbonyl (C=O) groups is 1. The second kappa shape index (κ2) is 10.00. The molecule has 4 aromatic rings. The predicted molar refractivity (Wildman–Crippen MR) is 144 cm³/mol. The average molecular weight is 541 g/mol. The second-order valence-corrected chi connectivity index (χ2v) is 11.6. The lowest BCUT2D eigenvalue weighted by Gasteiger charge is -2.19. The summed E-state index contributed by atoms with van der Waals surface area (Å²) < 4.78 is 13.5. The molecule has 1 aliphatic rings. The highest BCUT2D eigenvalue weighted by Gasteiger charge is 2.30. The van der Waals surface area contributed by atoms with Gasteiger partial charge in [-0.05, 0) is 24.8 Å². The van der Waals surface area contributed by atoms with Crippen LogP contribution in [0.1, 0.15) is 56.3 Å². The Morgan fingerprint density at radius 2 is 2.14 bits per heavy atom. The maximum Gasteiger partial charge on any atom is 0.211 e. The zero-order chi connectivity index (χ0) is 26.3. The van der Waals surface area contributed by atoms with Crippen molar-refractivity contribution in [3.8, 4) is 11.5 Å². The Labute approximate surface area is 224 Å². The lowest BCUT2D eigenvalue weighted by molar-refractivity contribution is -0.116. The number of aromatic nitrogens is 5. The van der Waals surface area contributed by atoms with E-state index in [0.717, 1.165) is 23.9 Å². The van der Waals surface area contributed by atoms with Crippen LogP contribution in [-0.2, 0) is 28.4 Å². The molecular weight excluding hydrogens is 512 g/mol. The summed E-state index contributed by atoms with van der Waals surface area (Å²) in [5.74, 6) is 1.82.